The van der Waals surface area contributed by atoms with Crippen LogP contribution in [-0.2, 0) is 0 Å². The first-order valence-electron chi connectivity index (χ1n) is 7.83. The molecule has 110 valence electrons. The van der Waals surface area contributed by atoms with Crippen molar-refractivity contribution in [3.05, 3.63) is 29.3 Å². The van der Waals surface area contributed by atoms with Crippen molar-refractivity contribution in [2.24, 2.45) is 0 Å². The first-order valence-corrected chi connectivity index (χ1v) is 7.83. The summed E-state index contributed by atoms with van der Waals surface area (Å²) < 4.78 is 6.50. The van der Waals surface area contributed by atoms with Gasteiger partial charge in [0.15, 0.2) is 0 Å². The lowest BCUT2D eigenvalue weighted by molar-refractivity contribution is -0.0201. The van der Waals surface area contributed by atoms with E-state index in [9.17, 15) is 0 Å². The maximum atomic E-state index is 6.50. The maximum absolute atomic E-state index is 6.50. The molecule has 0 aliphatic carbocycles. The van der Waals surface area contributed by atoms with Gasteiger partial charge in [-0.15, -0.1) is 0 Å². The fourth-order valence-corrected chi connectivity index (χ4v) is 3.54. The van der Waals surface area contributed by atoms with Gasteiger partial charge in [0.1, 0.15) is 11.4 Å². The smallest absolute Gasteiger partial charge is 0.125 e. The molecule has 1 saturated heterocycles. The molecular weight excluding hydrogens is 248 g/mol. The van der Waals surface area contributed by atoms with Crippen LogP contribution in [0.4, 0.5) is 0 Å². The standard InChI is InChI=1S/C17H26N2O/c1-4-18-15-12-17(7-9-19(3)10-8-17)20-16-11-13(2)5-6-14(15)16/h5-6,11,15,18H,4,7-10,12H2,1-3H3. The lowest BCUT2D eigenvalue weighted by atomic mass is 9.80. The molecule has 0 aromatic heterocycles. The quantitative estimate of drug-likeness (QED) is 0.897. The van der Waals surface area contributed by atoms with Crippen LogP contribution in [0.5, 0.6) is 5.75 Å². The van der Waals surface area contributed by atoms with Gasteiger partial charge in [-0.1, -0.05) is 19.1 Å². The van der Waals surface area contributed by atoms with Crippen LogP contribution in [0.2, 0.25) is 0 Å². The molecule has 0 radical (unpaired) electrons. The summed E-state index contributed by atoms with van der Waals surface area (Å²) in [6.45, 7) is 7.61. The summed E-state index contributed by atoms with van der Waals surface area (Å²) in [4.78, 5) is 2.41. The third-order valence-corrected chi connectivity index (χ3v) is 4.80. The van der Waals surface area contributed by atoms with E-state index in [1.54, 1.807) is 0 Å². The molecule has 20 heavy (non-hydrogen) atoms. The molecule has 2 aliphatic heterocycles. The number of ether oxygens (including phenoxy) is 1. The summed E-state index contributed by atoms with van der Waals surface area (Å²) in [7, 11) is 2.20. The number of piperidine rings is 1. The number of benzene rings is 1. The molecule has 2 aliphatic rings. The predicted octanol–water partition coefficient (Wildman–Crippen LogP) is 2.89. The van der Waals surface area contributed by atoms with Crippen LogP contribution in [0.15, 0.2) is 18.2 Å². The normalized spacial score (nSPS) is 25.2. The highest BCUT2D eigenvalue weighted by molar-refractivity contribution is 5.42. The van der Waals surface area contributed by atoms with Gasteiger partial charge < -0.3 is 15.0 Å². The van der Waals surface area contributed by atoms with Crippen LogP contribution in [0.3, 0.4) is 0 Å². The van der Waals surface area contributed by atoms with Gasteiger partial charge in [0.2, 0.25) is 0 Å². The van der Waals surface area contributed by atoms with Gasteiger partial charge in [-0.2, -0.15) is 0 Å². The monoisotopic (exact) mass is 274 g/mol. The molecule has 1 unspecified atom stereocenters. The Bertz CT molecular complexity index is 478. The first-order chi connectivity index (χ1) is 9.62. The van der Waals surface area contributed by atoms with Crippen molar-refractivity contribution >= 4 is 0 Å². The van der Waals surface area contributed by atoms with Crippen molar-refractivity contribution in [3.63, 3.8) is 0 Å². The zero-order valence-corrected chi connectivity index (χ0v) is 12.9. The number of hydrogen-bond donors (Lipinski definition) is 1. The highest BCUT2D eigenvalue weighted by Crippen LogP contribution is 2.44. The Labute approximate surface area is 122 Å². The topological polar surface area (TPSA) is 24.5 Å². The summed E-state index contributed by atoms with van der Waals surface area (Å²) in [5.41, 5.74) is 2.66. The third kappa shape index (κ3) is 2.57. The van der Waals surface area contributed by atoms with Crippen molar-refractivity contribution in [2.45, 2.75) is 44.8 Å². The molecule has 1 fully saturated rings. The van der Waals surface area contributed by atoms with Gasteiger partial charge in [0.25, 0.3) is 0 Å². The molecule has 2 heterocycles. The fraction of sp³-hybridized carbons (Fsp3) is 0.647. The Morgan fingerprint density at radius 2 is 2.10 bits per heavy atom. The second-order valence-corrected chi connectivity index (χ2v) is 6.44. The van der Waals surface area contributed by atoms with Crippen LogP contribution in [0, 0.1) is 6.92 Å². The van der Waals surface area contributed by atoms with Crippen LogP contribution in [-0.4, -0.2) is 37.2 Å². The summed E-state index contributed by atoms with van der Waals surface area (Å²) in [5.74, 6) is 1.10. The van der Waals surface area contributed by atoms with Crippen LogP contribution in [0.1, 0.15) is 43.4 Å². The number of fused-ring (bicyclic) bond motifs is 1. The fourth-order valence-electron chi connectivity index (χ4n) is 3.54. The average molecular weight is 274 g/mol. The second kappa shape index (κ2) is 5.38. The molecule has 1 aromatic carbocycles. The van der Waals surface area contributed by atoms with Crippen molar-refractivity contribution in [1.29, 1.82) is 0 Å². The summed E-state index contributed by atoms with van der Waals surface area (Å²) in [5, 5.41) is 3.65. The van der Waals surface area contributed by atoms with Crippen molar-refractivity contribution < 1.29 is 4.74 Å². The number of aryl methyl sites for hydroxylation is 1. The van der Waals surface area contributed by atoms with Gasteiger partial charge in [-0.25, -0.2) is 0 Å². The Hall–Kier alpha value is -1.06. The minimum absolute atomic E-state index is 0.0418. The van der Waals surface area contributed by atoms with Crippen LogP contribution < -0.4 is 10.1 Å². The Balaban J connectivity index is 1.91. The Morgan fingerprint density at radius 3 is 2.80 bits per heavy atom. The first kappa shape index (κ1) is 13.9. The maximum Gasteiger partial charge on any atom is 0.125 e. The van der Waals surface area contributed by atoms with Crippen molar-refractivity contribution in [3.8, 4) is 5.75 Å². The van der Waals surface area contributed by atoms with Gasteiger partial charge in [-0.3, -0.25) is 0 Å². The predicted molar refractivity (Wildman–Crippen MR) is 82.3 cm³/mol. The molecule has 1 atom stereocenters. The number of rotatable bonds is 2. The van der Waals surface area contributed by atoms with E-state index in [0.29, 0.717) is 6.04 Å². The zero-order chi connectivity index (χ0) is 14.2. The molecule has 0 amide bonds. The lowest BCUT2D eigenvalue weighted by Gasteiger charge is -2.46. The van der Waals surface area contributed by atoms with E-state index in [2.05, 4.69) is 49.3 Å². The Kier molecular flexibility index (Phi) is 3.74. The molecule has 0 saturated carbocycles. The van der Waals surface area contributed by atoms with E-state index in [1.807, 2.05) is 0 Å². The molecular formula is C17H26N2O. The molecule has 1 spiro atoms. The van der Waals surface area contributed by atoms with Crippen molar-refractivity contribution in [2.75, 3.05) is 26.7 Å². The molecule has 0 bridgehead atoms. The van der Waals surface area contributed by atoms with Gasteiger partial charge in [0.05, 0.1) is 0 Å². The SMILES string of the molecule is CCNC1CC2(CCN(C)CC2)Oc2cc(C)ccc21. The highest BCUT2D eigenvalue weighted by Gasteiger charge is 2.42. The van der Waals surface area contributed by atoms with Crippen molar-refractivity contribution in [1.82, 2.24) is 10.2 Å². The van der Waals surface area contributed by atoms with Gasteiger partial charge in [0, 0.05) is 31.1 Å². The van der Waals surface area contributed by atoms with E-state index < -0.39 is 0 Å². The average Bonchev–Trinajstić information content (AvgIpc) is 2.42. The van der Waals surface area contributed by atoms with E-state index >= 15 is 0 Å². The minimum Gasteiger partial charge on any atom is -0.487 e. The zero-order valence-electron chi connectivity index (χ0n) is 12.9. The van der Waals surface area contributed by atoms with E-state index in [-0.39, 0.29) is 5.60 Å². The number of likely N-dealkylation sites (tertiary alicyclic amines) is 1. The Morgan fingerprint density at radius 1 is 1.35 bits per heavy atom. The molecule has 1 N–H and O–H groups in total. The van der Waals surface area contributed by atoms with Gasteiger partial charge in [-0.05, 0) is 45.0 Å². The van der Waals surface area contributed by atoms with E-state index in [4.69, 9.17) is 4.74 Å². The van der Waals surface area contributed by atoms with Crippen LogP contribution >= 0.6 is 0 Å². The molecule has 3 heteroatoms. The molecule has 3 rings (SSSR count). The second-order valence-electron chi connectivity index (χ2n) is 6.44. The molecule has 1 aromatic rings. The third-order valence-electron chi connectivity index (χ3n) is 4.80. The number of nitrogens with zero attached hydrogens (tertiary/aromatic N) is 1. The minimum atomic E-state index is 0.0418. The highest BCUT2D eigenvalue weighted by atomic mass is 16.5. The summed E-state index contributed by atoms with van der Waals surface area (Å²) >= 11 is 0. The van der Waals surface area contributed by atoms with Gasteiger partial charge >= 0.3 is 0 Å². The summed E-state index contributed by atoms with van der Waals surface area (Å²) in [6, 6.07) is 7.07. The van der Waals surface area contributed by atoms with E-state index in [1.165, 1.54) is 11.1 Å². The van der Waals surface area contributed by atoms with Crippen LogP contribution in [0.25, 0.3) is 0 Å². The number of nitrogens with one attached hydrogen (secondary N) is 1. The number of hydrogen-bond acceptors (Lipinski definition) is 3. The molecule has 3 nitrogen and oxygen atoms in total. The largest absolute Gasteiger partial charge is 0.487 e. The lowest BCUT2D eigenvalue weighted by Crippen LogP contribution is -2.51. The van der Waals surface area contributed by atoms with E-state index in [0.717, 1.165) is 44.6 Å². The summed E-state index contributed by atoms with van der Waals surface area (Å²) in [6.07, 6.45) is 3.38.